The maximum Gasteiger partial charge on any atom is 0.126 e. The first-order valence-electron chi connectivity index (χ1n) is 5.63. The van der Waals surface area contributed by atoms with Crippen molar-refractivity contribution in [1.82, 2.24) is 9.97 Å². The van der Waals surface area contributed by atoms with E-state index in [1.807, 2.05) is 6.92 Å². The average molecular weight is 214 g/mol. The molecule has 2 heteroatoms. The molecule has 0 aliphatic heterocycles. The first-order valence-corrected chi connectivity index (χ1v) is 5.63. The molecule has 0 unspecified atom stereocenters. The van der Waals surface area contributed by atoms with Crippen LogP contribution in [0.15, 0.2) is 18.2 Å². The van der Waals surface area contributed by atoms with Gasteiger partial charge in [-0.15, -0.1) is 0 Å². The fourth-order valence-corrected chi connectivity index (χ4v) is 1.93. The van der Waals surface area contributed by atoms with Gasteiger partial charge in [-0.1, -0.05) is 32.9 Å². The van der Waals surface area contributed by atoms with Crippen molar-refractivity contribution >= 4 is 10.9 Å². The molecule has 2 aromatic rings. The summed E-state index contributed by atoms with van der Waals surface area (Å²) in [6.07, 6.45) is 0. The summed E-state index contributed by atoms with van der Waals surface area (Å²) in [4.78, 5) is 9.09. The molecule has 0 saturated carbocycles. The molecule has 1 heterocycles. The predicted molar refractivity (Wildman–Crippen MR) is 67.7 cm³/mol. The van der Waals surface area contributed by atoms with Gasteiger partial charge in [0.15, 0.2) is 0 Å². The van der Waals surface area contributed by atoms with Gasteiger partial charge >= 0.3 is 0 Å². The molecule has 0 fully saturated rings. The van der Waals surface area contributed by atoms with Crippen LogP contribution in [0.1, 0.15) is 37.9 Å². The Bertz CT molecular complexity index is 531. The topological polar surface area (TPSA) is 25.8 Å². The molecule has 16 heavy (non-hydrogen) atoms. The summed E-state index contributed by atoms with van der Waals surface area (Å²) in [6.45, 7) is 10.6. The maximum absolute atomic E-state index is 4.59. The van der Waals surface area contributed by atoms with Gasteiger partial charge in [-0.25, -0.2) is 9.97 Å². The van der Waals surface area contributed by atoms with E-state index in [9.17, 15) is 0 Å². The summed E-state index contributed by atoms with van der Waals surface area (Å²) in [7, 11) is 0. The number of hydrogen-bond acceptors (Lipinski definition) is 2. The van der Waals surface area contributed by atoms with E-state index >= 15 is 0 Å². The third-order valence-electron chi connectivity index (χ3n) is 2.67. The second kappa shape index (κ2) is 3.55. The maximum atomic E-state index is 4.59. The second-order valence-electron chi connectivity index (χ2n) is 5.39. The summed E-state index contributed by atoms with van der Waals surface area (Å²) < 4.78 is 0. The average Bonchev–Trinajstić information content (AvgIpc) is 2.14. The van der Waals surface area contributed by atoms with Gasteiger partial charge < -0.3 is 0 Å². The molecule has 0 bridgehead atoms. The van der Waals surface area contributed by atoms with E-state index in [4.69, 9.17) is 0 Å². The fraction of sp³-hybridized carbons (Fsp3) is 0.429. The van der Waals surface area contributed by atoms with Crippen LogP contribution in [0.25, 0.3) is 10.9 Å². The number of fused-ring (bicyclic) bond motifs is 1. The molecule has 1 aromatic heterocycles. The molecule has 0 aliphatic carbocycles. The van der Waals surface area contributed by atoms with Crippen molar-refractivity contribution in [2.45, 2.75) is 40.0 Å². The van der Waals surface area contributed by atoms with Crippen molar-refractivity contribution in [3.63, 3.8) is 0 Å². The van der Waals surface area contributed by atoms with Crippen LogP contribution in [0, 0.1) is 13.8 Å². The standard InChI is InChI=1S/C14H18N2/c1-9-6-7-11-12(8-9)15-10(2)16-13(11)14(3,4)5/h6-8H,1-5H3. The Morgan fingerprint density at radius 1 is 1.00 bits per heavy atom. The summed E-state index contributed by atoms with van der Waals surface area (Å²) in [5.74, 6) is 0.850. The van der Waals surface area contributed by atoms with Crippen LogP contribution in [-0.4, -0.2) is 9.97 Å². The minimum absolute atomic E-state index is 0.0568. The zero-order valence-corrected chi connectivity index (χ0v) is 10.6. The van der Waals surface area contributed by atoms with Crippen molar-refractivity contribution in [3.05, 3.63) is 35.3 Å². The van der Waals surface area contributed by atoms with Crippen molar-refractivity contribution in [3.8, 4) is 0 Å². The molecule has 2 rings (SSSR count). The third-order valence-corrected chi connectivity index (χ3v) is 2.67. The van der Waals surface area contributed by atoms with Gasteiger partial charge in [-0.05, 0) is 25.5 Å². The molecule has 0 atom stereocenters. The Labute approximate surface area is 96.7 Å². The van der Waals surface area contributed by atoms with Crippen LogP contribution in [0.4, 0.5) is 0 Å². The van der Waals surface area contributed by atoms with Gasteiger partial charge in [0.2, 0.25) is 0 Å². The summed E-state index contributed by atoms with van der Waals surface area (Å²) in [5.41, 5.74) is 3.49. The van der Waals surface area contributed by atoms with Crippen LogP contribution >= 0.6 is 0 Å². The third kappa shape index (κ3) is 1.92. The van der Waals surface area contributed by atoms with E-state index in [1.54, 1.807) is 0 Å². The smallest absolute Gasteiger partial charge is 0.126 e. The number of aromatic nitrogens is 2. The molecule has 0 aliphatic rings. The number of nitrogens with zero attached hydrogens (tertiary/aromatic N) is 2. The Morgan fingerprint density at radius 2 is 1.69 bits per heavy atom. The lowest BCUT2D eigenvalue weighted by molar-refractivity contribution is 0.571. The SMILES string of the molecule is Cc1ccc2c(C(C)(C)C)nc(C)nc2c1. The molecular weight excluding hydrogens is 196 g/mol. The summed E-state index contributed by atoms with van der Waals surface area (Å²) in [6, 6.07) is 6.38. The highest BCUT2D eigenvalue weighted by molar-refractivity contribution is 5.82. The van der Waals surface area contributed by atoms with E-state index in [1.165, 1.54) is 10.9 Å². The van der Waals surface area contributed by atoms with Gasteiger partial charge in [-0.3, -0.25) is 0 Å². The van der Waals surface area contributed by atoms with E-state index < -0.39 is 0 Å². The van der Waals surface area contributed by atoms with Crippen LogP contribution in [0.5, 0.6) is 0 Å². The zero-order chi connectivity index (χ0) is 11.9. The molecule has 0 N–H and O–H groups in total. The molecule has 0 saturated heterocycles. The molecule has 84 valence electrons. The lowest BCUT2D eigenvalue weighted by atomic mass is 9.89. The van der Waals surface area contributed by atoms with Crippen LogP contribution in [-0.2, 0) is 5.41 Å². The first-order chi connectivity index (χ1) is 7.38. The van der Waals surface area contributed by atoms with E-state index in [2.05, 4.69) is 55.9 Å². The number of rotatable bonds is 0. The van der Waals surface area contributed by atoms with E-state index in [-0.39, 0.29) is 5.41 Å². The Balaban J connectivity index is 2.83. The highest BCUT2D eigenvalue weighted by Crippen LogP contribution is 2.27. The summed E-state index contributed by atoms with van der Waals surface area (Å²) in [5, 5.41) is 1.17. The van der Waals surface area contributed by atoms with Gasteiger partial charge in [-0.2, -0.15) is 0 Å². The highest BCUT2D eigenvalue weighted by Gasteiger charge is 2.19. The molecule has 0 spiro atoms. The van der Waals surface area contributed by atoms with E-state index in [0.717, 1.165) is 17.0 Å². The van der Waals surface area contributed by atoms with Crippen LogP contribution in [0.2, 0.25) is 0 Å². The summed E-state index contributed by atoms with van der Waals surface area (Å²) >= 11 is 0. The Hall–Kier alpha value is -1.44. The minimum Gasteiger partial charge on any atom is -0.237 e. The second-order valence-corrected chi connectivity index (χ2v) is 5.39. The van der Waals surface area contributed by atoms with Crippen molar-refractivity contribution in [2.75, 3.05) is 0 Å². The number of benzene rings is 1. The molecule has 1 aromatic carbocycles. The fourth-order valence-electron chi connectivity index (χ4n) is 1.93. The van der Waals surface area contributed by atoms with Crippen molar-refractivity contribution in [1.29, 1.82) is 0 Å². The van der Waals surface area contributed by atoms with Crippen molar-refractivity contribution < 1.29 is 0 Å². The van der Waals surface area contributed by atoms with Crippen molar-refractivity contribution in [2.24, 2.45) is 0 Å². The van der Waals surface area contributed by atoms with Gasteiger partial charge in [0.05, 0.1) is 11.2 Å². The van der Waals surface area contributed by atoms with Gasteiger partial charge in [0.1, 0.15) is 5.82 Å². The predicted octanol–water partition coefficient (Wildman–Crippen LogP) is 3.54. The number of hydrogen-bond donors (Lipinski definition) is 0. The molecular formula is C14H18N2. The van der Waals surface area contributed by atoms with Gasteiger partial charge in [0, 0.05) is 10.8 Å². The highest BCUT2D eigenvalue weighted by atomic mass is 14.9. The molecule has 0 radical (unpaired) electrons. The normalized spacial score (nSPS) is 12.1. The van der Waals surface area contributed by atoms with Crippen LogP contribution in [0.3, 0.4) is 0 Å². The first kappa shape index (κ1) is 11.1. The van der Waals surface area contributed by atoms with Gasteiger partial charge in [0.25, 0.3) is 0 Å². The van der Waals surface area contributed by atoms with Crippen LogP contribution < -0.4 is 0 Å². The number of aryl methyl sites for hydroxylation is 2. The zero-order valence-electron chi connectivity index (χ0n) is 10.6. The lowest BCUT2D eigenvalue weighted by Gasteiger charge is -2.20. The lowest BCUT2D eigenvalue weighted by Crippen LogP contribution is -2.15. The molecule has 0 amide bonds. The molecule has 2 nitrogen and oxygen atoms in total. The largest absolute Gasteiger partial charge is 0.237 e. The Morgan fingerprint density at radius 3 is 2.31 bits per heavy atom. The Kier molecular flexibility index (Phi) is 2.45. The minimum atomic E-state index is 0.0568. The monoisotopic (exact) mass is 214 g/mol. The van der Waals surface area contributed by atoms with E-state index in [0.29, 0.717) is 0 Å². The quantitative estimate of drug-likeness (QED) is 0.670.